The number of aliphatic hydroxyl groups is 1. The second kappa shape index (κ2) is 7.49. The second-order valence-corrected chi connectivity index (χ2v) is 7.25. The molecule has 3 rings (SSSR count). The Hall–Kier alpha value is -1.99. The van der Waals surface area contributed by atoms with Gasteiger partial charge in [-0.25, -0.2) is 0 Å². The average molecular weight is 347 g/mol. The van der Waals surface area contributed by atoms with Gasteiger partial charge in [0.2, 0.25) is 5.91 Å². The number of rotatable bonds is 5. The molecule has 7 heteroatoms. The van der Waals surface area contributed by atoms with E-state index in [4.69, 9.17) is 5.73 Å². The monoisotopic (exact) mass is 347 g/mol. The van der Waals surface area contributed by atoms with Gasteiger partial charge < -0.3 is 10.8 Å². The van der Waals surface area contributed by atoms with Crippen LogP contribution in [-0.4, -0.2) is 39.5 Å². The van der Waals surface area contributed by atoms with Crippen LogP contribution in [0.1, 0.15) is 54.4 Å². The van der Waals surface area contributed by atoms with Crippen molar-refractivity contribution < 1.29 is 14.8 Å². The fraction of sp³-hybridized carbons (Fsp3) is 0.611. The normalized spacial score (nSPS) is 25.2. The van der Waals surface area contributed by atoms with Gasteiger partial charge in [0.15, 0.2) is 0 Å². The molecule has 0 aromatic heterocycles. The summed E-state index contributed by atoms with van der Waals surface area (Å²) >= 11 is 0. The van der Waals surface area contributed by atoms with Gasteiger partial charge in [-0.2, -0.15) is 0 Å². The molecule has 1 saturated carbocycles. The van der Waals surface area contributed by atoms with Crippen molar-refractivity contribution in [2.75, 3.05) is 6.54 Å². The number of carbonyl (C=O) groups is 1. The number of likely N-dealkylation sites (tertiary alicyclic amines) is 1. The van der Waals surface area contributed by atoms with Crippen molar-refractivity contribution in [1.29, 1.82) is 0 Å². The molecule has 0 spiro atoms. The first-order chi connectivity index (χ1) is 12.0. The van der Waals surface area contributed by atoms with Crippen LogP contribution in [-0.2, 0) is 6.54 Å². The van der Waals surface area contributed by atoms with Crippen LogP contribution >= 0.6 is 0 Å². The zero-order chi connectivity index (χ0) is 18.0. The fourth-order valence-corrected chi connectivity index (χ4v) is 4.34. The minimum atomic E-state index is -0.675. The number of nitrogens with two attached hydrogens (primary N) is 1. The number of hydrogen-bond donors (Lipinski definition) is 2. The molecule has 136 valence electrons. The third-order valence-electron chi connectivity index (χ3n) is 5.56. The second-order valence-electron chi connectivity index (χ2n) is 7.25. The Morgan fingerprint density at radius 1 is 1.32 bits per heavy atom. The van der Waals surface area contributed by atoms with Crippen LogP contribution in [0.25, 0.3) is 0 Å². The predicted octanol–water partition coefficient (Wildman–Crippen LogP) is 2.21. The van der Waals surface area contributed by atoms with E-state index in [2.05, 4.69) is 4.90 Å². The number of benzene rings is 1. The summed E-state index contributed by atoms with van der Waals surface area (Å²) in [6, 6.07) is 4.67. The highest BCUT2D eigenvalue weighted by Gasteiger charge is 2.37. The lowest BCUT2D eigenvalue weighted by Gasteiger charge is -2.33. The average Bonchev–Trinajstić information content (AvgIpc) is 2.96. The van der Waals surface area contributed by atoms with Crippen molar-refractivity contribution in [2.24, 2.45) is 11.7 Å². The number of carbonyl (C=O) groups excluding carboxylic acids is 1. The summed E-state index contributed by atoms with van der Waals surface area (Å²) in [5, 5.41) is 21.5. The summed E-state index contributed by atoms with van der Waals surface area (Å²) < 4.78 is 0. The SMILES string of the molecule is NC(=O)c1ccc(CN2C[C@@H](O)C[C@H]2C2CCCCC2)c([N+](=O)[O-])c1. The lowest BCUT2D eigenvalue weighted by atomic mass is 9.82. The number of hydrogen-bond acceptors (Lipinski definition) is 5. The maximum Gasteiger partial charge on any atom is 0.274 e. The highest BCUT2D eigenvalue weighted by Crippen LogP contribution is 2.36. The number of nitro benzene ring substituents is 1. The molecule has 7 nitrogen and oxygen atoms in total. The Morgan fingerprint density at radius 3 is 2.68 bits per heavy atom. The van der Waals surface area contributed by atoms with Gasteiger partial charge >= 0.3 is 0 Å². The molecule has 3 N–H and O–H groups in total. The predicted molar refractivity (Wildman–Crippen MR) is 93.0 cm³/mol. The van der Waals surface area contributed by atoms with E-state index < -0.39 is 10.8 Å². The number of amides is 1. The highest BCUT2D eigenvalue weighted by molar-refractivity contribution is 5.93. The summed E-state index contributed by atoms with van der Waals surface area (Å²) in [7, 11) is 0. The molecular weight excluding hydrogens is 322 g/mol. The largest absolute Gasteiger partial charge is 0.392 e. The molecule has 0 radical (unpaired) electrons. The Labute approximate surface area is 147 Å². The molecule has 2 fully saturated rings. The van der Waals surface area contributed by atoms with Crippen LogP contribution in [0.5, 0.6) is 0 Å². The smallest absolute Gasteiger partial charge is 0.274 e. The Balaban J connectivity index is 1.82. The molecule has 25 heavy (non-hydrogen) atoms. The number of nitrogens with zero attached hydrogens (tertiary/aromatic N) is 2. The number of aliphatic hydroxyl groups excluding tert-OH is 1. The lowest BCUT2D eigenvalue weighted by Crippen LogP contribution is -2.36. The Bertz CT molecular complexity index is 658. The lowest BCUT2D eigenvalue weighted by molar-refractivity contribution is -0.385. The molecule has 1 aromatic rings. The summed E-state index contributed by atoms with van der Waals surface area (Å²) in [5.41, 5.74) is 5.85. The van der Waals surface area contributed by atoms with Crippen molar-refractivity contribution in [2.45, 2.75) is 57.2 Å². The van der Waals surface area contributed by atoms with E-state index in [0.717, 1.165) is 19.3 Å². The molecule has 2 atom stereocenters. The van der Waals surface area contributed by atoms with Crippen LogP contribution in [0.15, 0.2) is 18.2 Å². The number of primary amides is 1. The van der Waals surface area contributed by atoms with Crippen LogP contribution in [0.3, 0.4) is 0 Å². The third kappa shape index (κ3) is 3.99. The van der Waals surface area contributed by atoms with E-state index in [1.54, 1.807) is 6.07 Å². The first-order valence-electron chi connectivity index (χ1n) is 8.95. The molecule has 1 aromatic carbocycles. The van der Waals surface area contributed by atoms with Crippen molar-refractivity contribution in [3.05, 3.63) is 39.4 Å². The molecule has 1 heterocycles. The first kappa shape index (κ1) is 17.8. The van der Waals surface area contributed by atoms with Gasteiger partial charge in [-0.1, -0.05) is 25.3 Å². The van der Waals surface area contributed by atoms with E-state index in [-0.39, 0.29) is 23.4 Å². The van der Waals surface area contributed by atoms with Crippen molar-refractivity contribution in [3.63, 3.8) is 0 Å². The van der Waals surface area contributed by atoms with E-state index in [1.807, 2.05) is 0 Å². The fourth-order valence-electron chi connectivity index (χ4n) is 4.34. The first-order valence-corrected chi connectivity index (χ1v) is 8.95. The highest BCUT2D eigenvalue weighted by atomic mass is 16.6. The van der Waals surface area contributed by atoms with Gasteiger partial charge in [0.1, 0.15) is 0 Å². The third-order valence-corrected chi connectivity index (χ3v) is 5.56. The van der Waals surface area contributed by atoms with E-state index >= 15 is 0 Å². The van der Waals surface area contributed by atoms with Crippen LogP contribution in [0.2, 0.25) is 0 Å². The van der Waals surface area contributed by atoms with Gasteiger partial charge in [0, 0.05) is 36.3 Å². The minimum absolute atomic E-state index is 0.0833. The zero-order valence-electron chi connectivity index (χ0n) is 14.3. The molecular formula is C18H25N3O4. The quantitative estimate of drug-likeness (QED) is 0.627. The number of β-amino-alcohol motifs (C(OH)–C–C–N with tert-alkyl or cyclic N) is 1. The van der Waals surface area contributed by atoms with Crippen LogP contribution in [0, 0.1) is 16.0 Å². The van der Waals surface area contributed by atoms with Gasteiger partial charge in [-0.15, -0.1) is 0 Å². The molecule has 1 amide bonds. The van der Waals surface area contributed by atoms with Gasteiger partial charge in [-0.05, 0) is 31.2 Å². The molecule has 2 aliphatic rings. The van der Waals surface area contributed by atoms with E-state index in [1.165, 1.54) is 31.4 Å². The maximum atomic E-state index is 11.4. The van der Waals surface area contributed by atoms with Gasteiger partial charge in [-0.3, -0.25) is 19.8 Å². The zero-order valence-corrected chi connectivity index (χ0v) is 14.3. The summed E-state index contributed by atoms with van der Waals surface area (Å²) in [6.45, 7) is 0.948. The van der Waals surface area contributed by atoms with Crippen LogP contribution < -0.4 is 5.73 Å². The minimum Gasteiger partial charge on any atom is -0.392 e. The summed E-state index contributed by atoms with van der Waals surface area (Å²) in [5.74, 6) is -0.124. The van der Waals surface area contributed by atoms with Gasteiger partial charge in [0.25, 0.3) is 5.69 Å². The van der Waals surface area contributed by atoms with Crippen molar-refractivity contribution in [1.82, 2.24) is 4.90 Å². The molecule has 1 aliphatic carbocycles. The summed E-state index contributed by atoms with van der Waals surface area (Å²) in [6.07, 6.45) is 6.39. The van der Waals surface area contributed by atoms with E-state index in [0.29, 0.717) is 24.6 Å². The van der Waals surface area contributed by atoms with Crippen LogP contribution in [0.4, 0.5) is 5.69 Å². The molecule has 1 saturated heterocycles. The van der Waals surface area contributed by atoms with Crippen molar-refractivity contribution in [3.8, 4) is 0 Å². The Kier molecular flexibility index (Phi) is 5.34. The maximum absolute atomic E-state index is 11.4. The molecule has 0 bridgehead atoms. The van der Waals surface area contributed by atoms with E-state index in [9.17, 15) is 20.0 Å². The topological polar surface area (TPSA) is 110 Å². The molecule has 1 aliphatic heterocycles. The van der Waals surface area contributed by atoms with Gasteiger partial charge in [0.05, 0.1) is 11.0 Å². The summed E-state index contributed by atoms with van der Waals surface area (Å²) in [4.78, 5) is 24.4. The van der Waals surface area contributed by atoms with Crippen molar-refractivity contribution >= 4 is 11.6 Å². The Morgan fingerprint density at radius 2 is 2.04 bits per heavy atom. The number of nitro groups is 1. The molecule has 0 unspecified atom stereocenters. The standard InChI is InChI=1S/C18H25N3O4/c19-18(23)13-6-7-14(17(8-13)21(24)25)10-20-11-15(22)9-16(20)12-4-2-1-3-5-12/h6-8,12,15-16,22H,1-5,9-11H2,(H2,19,23)/t15-,16-/m0/s1.